The van der Waals surface area contributed by atoms with E-state index in [2.05, 4.69) is 15.5 Å². The molecule has 0 spiro atoms. The van der Waals surface area contributed by atoms with Gasteiger partial charge in [-0.25, -0.2) is 5.43 Å². The van der Waals surface area contributed by atoms with E-state index in [4.69, 9.17) is 9.47 Å². The Morgan fingerprint density at radius 3 is 2.46 bits per heavy atom. The number of benzene rings is 2. The molecule has 0 saturated heterocycles. The number of rotatable bonds is 6. The van der Waals surface area contributed by atoms with Crippen molar-refractivity contribution in [1.29, 1.82) is 0 Å². The van der Waals surface area contributed by atoms with Crippen LogP contribution in [-0.4, -0.2) is 31.3 Å². The van der Waals surface area contributed by atoms with Gasteiger partial charge in [0.1, 0.15) is 11.5 Å². The van der Waals surface area contributed by atoms with E-state index in [-0.39, 0.29) is 5.56 Å². The molecule has 0 atom stereocenters. The molecule has 2 aromatic carbocycles. The predicted molar refractivity (Wildman–Crippen MR) is 109 cm³/mol. The standard InChI is InChI=1S/C21H19N3O4/c1-27-17-6-3-14(4-7-17)5-10-20(25)24-22-13-16-11-15-12-18(28-2)8-9-19(15)23-21(16)26/h3-13H,1-2H3,(H,23,26)(H,24,25)/b10-5+,22-13-. The lowest BCUT2D eigenvalue weighted by Gasteiger charge is -2.03. The number of hydrogen-bond donors (Lipinski definition) is 2. The molecule has 28 heavy (non-hydrogen) atoms. The molecule has 0 unspecified atom stereocenters. The lowest BCUT2D eigenvalue weighted by Crippen LogP contribution is -2.17. The second-order valence-electron chi connectivity index (χ2n) is 5.85. The Kier molecular flexibility index (Phi) is 5.86. The summed E-state index contributed by atoms with van der Waals surface area (Å²) in [5.74, 6) is 1.01. The summed E-state index contributed by atoms with van der Waals surface area (Å²) in [4.78, 5) is 26.7. The van der Waals surface area contributed by atoms with Gasteiger partial charge in [-0.15, -0.1) is 0 Å². The number of fused-ring (bicyclic) bond motifs is 1. The van der Waals surface area contributed by atoms with Gasteiger partial charge in [-0.1, -0.05) is 12.1 Å². The van der Waals surface area contributed by atoms with Gasteiger partial charge in [-0.3, -0.25) is 9.59 Å². The highest BCUT2D eigenvalue weighted by atomic mass is 16.5. The summed E-state index contributed by atoms with van der Waals surface area (Å²) in [7, 11) is 3.16. The van der Waals surface area contributed by atoms with Crippen LogP contribution in [0.5, 0.6) is 11.5 Å². The molecule has 0 bridgehead atoms. The van der Waals surface area contributed by atoms with Crippen LogP contribution in [0.2, 0.25) is 0 Å². The largest absolute Gasteiger partial charge is 0.497 e. The second kappa shape index (κ2) is 8.68. The van der Waals surface area contributed by atoms with E-state index in [0.29, 0.717) is 16.8 Å². The van der Waals surface area contributed by atoms with Crippen LogP contribution in [0.25, 0.3) is 17.0 Å². The van der Waals surface area contributed by atoms with Crippen molar-refractivity contribution in [2.75, 3.05) is 14.2 Å². The van der Waals surface area contributed by atoms with Gasteiger partial charge in [0.2, 0.25) is 0 Å². The Morgan fingerprint density at radius 2 is 1.75 bits per heavy atom. The summed E-state index contributed by atoms with van der Waals surface area (Å²) in [5, 5.41) is 4.64. The highest BCUT2D eigenvalue weighted by Crippen LogP contribution is 2.18. The number of ether oxygens (including phenoxy) is 2. The van der Waals surface area contributed by atoms with Crippen LogP contribution in [-0.2, 0) is 4.79 Å². The van der Waals surface area contributed by atoms with E-state index in [9.17, 15) is 9.59 Å². The summed E-state index contributed by atoms with van der Waals surface area (Å²) in [6.07, 6.45) is 4.31. The number of aromatic nitrogens is 1. The highest BCUT2D eigenvalue weighted by Gasteiger charge is 2.03. The molecule has 3 aromatic rings. The van der Waals surface area contributed by atoms with Gasteiger partial charge >= 0.3 is 0 Å². The van der Waals surface area contributed by atoms with Crippen LogP contribution in [0.4, 0.5) is 0 Å². The van der Waals surface area contributed by atoms with E-state index in [0.717, 1.165) is 16.7 Å². The summed E-state index contributed by atoms with van der Waals surface area (Å²) in [6.45, 7) is 0. The fourth-order valence-electron chi connectivity index (χ4n) is 2.51. The van der Waals surface area contributed by atoms with E-state index >= 15 is 0 Å². The van der Waals surface area contributed by atoms with Crippen molar-refractivity contribution in [3.63, 3.8) is 0 Å². The number of nitrogens with zero attached hydrogens (tertiary/aromatic N) is 1. The molecule has 0 saturated carbocycles. The van der Waals surface area contributed by atoms with Gasteiger partial charge in [-0.05, 0) is 48.0 Å². The Balaban J connectivity index is 1.67. The molecule has 0 radical (unpaired) electrons. The fourth-order valence-corrected chi connectivity index (χ4v) is 2.51. The third kappa shape index (κ3) is 4.64. The van der Waals surface area contributed by atoms with Crippen LogP contribution >= 0.6 is 0 Å². The summed E-state index contributed by atoms with van der Waals surface area (Å²) >= 11 is 0. The lowest BCUT2D eigenvalue weighted by molar-refractivity contribution is -0.116. The molecular weight excluding hydrogens is 358 g/mol. The van der Waals surface area contributed by atoms with Crippen LogP contribution < -0.4 is 20.5 Å². The molecule has 0 aliphatic rings. The topological polar surface area (TPSA) is 92.8 Å². The zero-order valence-electron chi connectivity index (χ0n) is 15.4. The average Bonchev–Trinajstić information content (AvgIpc) is 2.72. The molecule has 0 aliphatic heterocycles. The third-order valence-corrected chi connectivity index (χ3v) is 4.00. The van der Waals surface area contributed by atoms with Crippen LogP contribution in [0, 0.1) is 0 Å². The smallest absolute Gasteiger partial charge is 0.264 e. The first kappa shape index (κ1) is 18.9. The first-order valence-electron chi connectivity index (χ1n) is 8.45. The van der Waals surface area contributed by atoms with Gasteiger partial charge < -0.3 is 14.5 Å². The minimum atomic E-state index is -0.411. The Morgan fingerprint density at radius 1 is 1.04 bits per heavy atom. The van der Waals surface area contributed by atoms with Crippen LogP contribution in [0.15, 0.2) is 64.5 Å². The molecule has 2 N–H and O–H groups in total. The molecule has 142 valence electrons. The maximum atomic E-state index is 12.1. The quantitative estimate of drug-likeness (QED) is 0.392. The zero-order chi connectivity index (χ0) is 19.9. The Labute approximate surface area is 161 Å². The third-order valence-electron chi connectivity index (χ3n) is 4.00. The van der Waals surface area contributed by atoms with Gasteiger partial charge in [0, 0.05) is 17.0 Å². The van der Waals surface area contributed by atoms with Crippen molar-refractivity contribution in [1.82, 2.24) is 10.4 Å². The number of pyridine rings is 1. The van der Waals surface area contributed by atoms with Crippen molar-refractivity contribution < 1.29 is 14.3 Å². The Bertz CT molecular complexity index is 1100. The molecule has 1 heterocycles. The van der Waals surface area contributed by atoms with Gasteiger partial charge in [0.25, 0.3) is 11.5 Å². The number of aromatic amines is 1. The number of methoxy groups -OCH3 is 2. The van der Waals surface area contributed by atoms with Gasteiger partial charge in [0.15, 0.2) is 0 Å². The number of H-pyrrole nitrogens is 1. The summed E-state index contributed by atoms with van der Waals surface area (Å²) in [5.41, 5.74) is 3.92. The molecule has 3 rings (SSSR count). The molecular formula is C21H19N3O4. The first-order chi connectivity index (χ1) is 13.6. The number of nitrogens with one attached hydrogen (secondary N) is 2. The minimum absolute atomic E-state index is 0.301. The van der Waals surface area contributed by atoms with Crippen molar-refractivity contribution in [2.24, 2.45) is 5.10 Å². The maximum Gasteiger partial charge on any atom is 0.264 e. The predicted octanol–water partition coefficient (Wildman–Crippen LogP) is 2.71. The van der Waals surface area contributed by atoms with E-state index < -0.39 is 5.91 Å². The van der Waals surface area contributed by atoms with Crippen molar-refractivity contribution in [2.45, 2.75) is 0 Å². The van der Waals surface area contributed by atoms with Crippen LogP contribution in [0.3, 0.4) is 0 Å². The monoisotopic (exact) mass is 377 g/mol. The molecule has 0 fully saturated rings. The van der Waals surface area contributed by atoms with Gasteiger partial charge in [0.05, 0.1) is 26.0 Å². The van der Waals surface area contributed by atoms with Gasteiger partial charge in [-0.2, -0.15) is 5.10 Å². The SMILES string of the molecule is COc1ccc(/C=C/C(=O)N/N=C\c2cc3cc(OC)ccc3[nH]c2=O)cc1. The van der Waals surface area contributed by atoms with E-state index in [1.54, 1.807) is 56.7 Å². The van der Waals surface area contributed by atoms with E-state index in [1.165, 1.54) is 12.3 Å². The number of carbonyl (C=O) groups is 1. The maximum absolute atomic E-state index is 12.1. The lowest BCUT2D eigenvalue weighted by atomic mass is 10.1. The number of carbonyl (C=O) groups excluding carboxylic acids is 1. The first-order valence-corrected chi connectivity index (χ1v) is 8.45. The zero-order valence-corrected chi connectivity index (χ0v) is 15.4. The number of hydrazone groups is 1. The number of hydrogen-bond acceptors (Lipinski definition) is 5. The molecule has 7 heteroatoms. The normalized spacial score (nSPS) is 11.2. The molecule has 0 aliphatic carbocycles. The number of amides is 1. The molecule has 1 aromatic heterocycles. The van der Waals surface area contributed by atoms with Crippen molar-refractivity contribution in [3.8, 4) is 11.5 Å². The highest BCUT2D eigenvalue weighted by molar-refractivity contribution is 5.93. The van der Waals surface area contributed by atoms with Crippen LogP contribution in [0.1, 0.15) is 11.1 Å². The van der Waals surface area contributed by atoms with E-state index in [1.807, 2.05) is 12.1 Å². The second-order valence-corrected chi connectivity index (χ2v) is 5.85. The summed E-state index contributed by atoms with van der Waals surface area (Å²) < 4.78 is 10.3. The average molecular weight is 377 g/mol. The van der Waals surface area contributed by atoms with Crippen molar-refractivity contribution in [3.05, 3.63) is 76.1 Å². The molecule has 7 nitrogen and oxygen atoms in total. The minimum Gasteiger partial charge on any atom is -0.497 e. The Hall–Kier alpha value is -3.87. The summed E-state index contributed by atoms with van der Waals surface area (Å²) in [6, 6.07) is 14.3. The van der Waals surface area contributed by atoms with Crippen molar-refractivity contribution >= 4 is 29.1 Å². The fraction of sp³-hybridized carbons (Fsp3) is 0.0952. The molecule has 1 amide bonds.